The van der Waals surface area contributed by atoms with Gasteiger partial charge in [0, 0.05) is 36.6 Å². The van der Waals surface area contributed by atoms with Crippen LogP contribution in [-0.2, 0) is 0 Å². The van der Waals surface area contributed by atoms with Crippen LogP contribution in [0.4, 0.5) is 5.82 Å². The van der Waals surface area contributed by atoms with E-state index >= 15 is 0 Å². The third-order valence-corrected chi connectivity index (χ3v) is 6.35. The fourth-order valence-corrected chi connectivity index (χ4v) is 4.89. The first-order chi connectivity index (χ1) is 14.1. The minimum Gasteiger partial charge on any atom is -0.486 e. The average Bonchev–Trinajstić information content (AvgIpc) is 3.12. The van der Waals surface area contributed by atoms with E-state index in [0.717, 1.165) is 59.8 Å². The standard InChI is InChI=1S/C23H26N4O2/c1-14-5-6-21(15(2)26-14)29-22-11-17-13-27(12-16(17)10-20(22)28)23-18-4-3-8-24-19(18)7-9-25-23/h3-9,16-17,20,22,28H,10-13H2,1-2H3/t16-,17+,20+,22+/m0/s1. The van der Waals surface area contributed by atoms with E-state index in [4.69, 9.17) is 4.74 Å². The molecule has 3 aromatic rings. The zero-order valence-corrected chi connectivity index (χ0v) is 16.8. The van der Waals surface area contributed by atoms with Crippen molar-refractivity contribution in [2.24, 2.45) is 11.8 Å². The Bertz CT molecular complexity index is 1040. The Balaban J connectivity index is 1.34. The fourth-order valence-electron chi connectivity index (χ4n) is 4.89. The zero-order chi connectivity index (χ0) is 20.0. The number of aliphatic hydroxyl groups is 1. The number of aryl methyl sites for hydroxylation is 2. The normalized spacial score (nSPS) is 26.5. The van der Waals surface area contributed by atoms with Crippen molar-refractivity contribution in [2.45, 2.75) is 38.9 Å². The van der Waals surface area contributed by atoms with E-state index in [1.807, 2.05) is 50.5 Å². The minimum absolute atomic E-state index is 0.193. The third kappa shape index (κ3) is 3.42. The third-order valence-electron chi connectivity index (χ3n) is 6.35. The lowest BCUT2D eigenvalue weighted by Crippen LogP contribution is -2.42. The predicted molar refractivity (Wildman–Crippen MR) is 112 cm³/mol. The summed E-state index contributed by atoms with van der Waals surface area (Å²) in [5.41, 5.74) is 2.82. The van der Waals surface area contributed by atoms with Gasteiger partial charge in [-0.2, -0.15) is 0 Å². The molecule has 0 spiro atoms. The van der Waals surface area contributed by atoms with E-state index in [2.05, 4.69) is 25.9 Å². The maximum atomic E-state index is 10.8. The molecule has 1 saturated carbocycles. The maximum Gasteiger partial charge on any atom is 0.141 e. The quantitative estimate of drug-likeness (QED) is 0.740. The molecule has 2 aliphatic rings. The van der Waals surface area contributed by atoms with Gasteiger partial charge in [-0.1, -0.05) is 0 Å². The number of anilines is 1. The second-order valence-corrected chi connectivity index (χ2v) is 8.36. The Hall–Kier alpha value is -2.73. The average molecular weight is 390 g/mol. The van der Waals surface area contributed by atoms with Gasteiger partial charge in [-0.05, 0) is 68.9 Å². The number of pyridine rings is 3. The molecule has 6 heteroatoms. The van der Waals surface area contributed by atoms with Crippen LogP contribution in [0.1, 0.15) is 24.2 Å². The summed E-state index contributed by atoms with van der Waals surface area (Å²) in [5.74, 6) is 2.71. The van der Waals surface area contributed by atoms with E-state index in [1.165, 1.54) is 0 Å². The van der Waals surface area contributed by atoms with Crippen LogP contribution >= 0.6 is 0 Å². The van der Waals surface area contributed by atoms with Crippen LogP contribution < -0.4 is 9.64 Å². The Kier molecular flexibility index (Phi) is 4.59. The summed E-state index contributed by atoms with van der Waals surface area (Å²) in [6.07, 6.45) is 4.60. The molecule has 0 radical (unpaired) electrons. The van der Waals surface area contributed by atoms with Crippen LogP contribution in [0.15, 0.2) is 42.7 Å². The molecule has 150 valence electrons. The van der Waals surface area contributed by atoms with Gasteiger partial charge < -0.3 is 14.7 Å². The molecule has 1 saturated heterocycles. The van der Waals surface area contributed by atoms with Gasteiger partial charge in [-0.3, -0.25) is 9.97 Å². The fraction of sp³-hybridized carbons (Fsp3) is 0.435. The number of hydrogen-bond donors (Lipinski definition) is 1. The first-order valence-corrected chi connectivity index (χ1v) is 10.3. The summed E-state index contributed by atoms with van der Waals surface area (Å²) in [5, 5.41) is 11.8. The number of hydrogen-bond acceptors (Lipinski definition) is 6. The van der Waals surface area contributed by atoms with Crippen molar-refractivity contribution in [3.05, 3.63) is 54.1 Å². The Labute approximate surface area is 170 Å². The van der Waals surface area contributed by atoms with Crippen LogP contribution in [0, 0.1) is 25.7 Å². The van der Waals surface area contributed by atoms with Crippen molar-refractivity contribution in [3.63, 3.8) is 0 Å². The van der Waals surface area contributed by atoms with Gasteiger partial charge in [-0.15, -0.1) is 0 Å². The molecule has 6 nitrogen and oxygen atoms in total. The molecule has 1 aliphatic heterocycles. The molecule has 0 bridgehead atoms. The summed E-state index contributed by atoms with van der Waals surface area (Å²) in [6.45, 7) is 5.78. The lowest BCUT2D eigenvalue weighted by molar-refractivity contribution is -0.0236. The number of fused-ring (bicyclic) bond motifs is 2. The number of rotatable bonds is 3. The molecule has 29 heavy (non-hydrogen) atoms. The molecule has 0 amide bonds. The van der Waals surface area contributed by atoms with Crippen molar-refractivity contribution in [3.8, 4) is 5.75 Å². The lowest BCUT2D eigenvalue weighted by atomic mass is 9.78. The Morgan fingerprint density at radius 1 is 1.00 bits per heavy atom. The molecule has 3 aromatic heterocycles. The number of aromatic nitrogens is 3. The molecule has 4 heterocycles. The van der Waals surface area contributed by atoms with E-state index in [1.54, 1.807) is 0 Å². The number of ether oxygens (including phenoxy) is 1. The highest BCUT2D eigenvalue weighted by molar-refractivity contribution is 5.89. The van der Waals surface area contributed by atoms with Crippen molar-refractivity contribution in [1.29, 1.82) is 0 Å². The number of aliphatic hydroxyl groups excluding tert-OH is 1. The van der Waals surface area contributed by atoms with Crippen LogP contribution in [0.3, 0.4) is 0 Å². The largest absolute Gasteiger partial charge is 0.486 e. The van der Waals surface area contributed by atoms with Crippen molar-refractivity contribution < 1.29 is 9.84 Å². The smallest absolute Gasteiger partial charge is 0.141 e. The summed E-state index contributed by atoms with van der Waals surface area (Å²) >= 11 is 0. The van der Waals surface area contributed by atoms with E-state index in [0.29, 0.717) is 11.8 Å². The molecule has 1 aliphatic carbocycles. The second kappa shape index (κ2) is 7.26. The van der Waals surface area contributed by atoms with Crippen molar-refractivity contribution in [2.75, 3.05) is 18.0 Å². The molecular formula is C23H26N4O2. The SMILES string of the molecule is Cc1ccc(O[C@@H]2C[C@@H]3CN(c4nccc5ncccc45)C[C@@H]3C[C@H]2O)c(C)n1. The zero-order valence-electron chi connectivity index (χ0n) is 16.8. The molecule has 4 atom stereocenters. The molecule has 0 aromatic carbocycles. The van der Waals surface area contributed by atoms with E-state index < -0.39 is 6.10 Å². The van der Waals surface area contributed by atoms with Crippen molar-refractivity contribution >= 4 is 16.7 Å². The summed E-state index contributed by atoms with van der Waals surface area (Å²) in [4.78, 5) is 15.9. The van der Waals surface area contributed by atoms with Gasteiger partial charge in [0.2, 0.25) is 0 Å². The summed E-state index contributed by atoms with van der Waals surface area (Å²) in [7, 11) is 0. The van der Waals surface area contributed by atoms with Crippen molar-refractivity contribution in [1.82, 2.24) is 15.0 Å². The van der Waals surface area contributed by atoms with Gasteiger partial charge in [0.15, 0.2) is 0 Å². The van der Waals surface area contributed by atoms with E-state index in [9.17, 15) is 5.11 Å². The summed E-state index contributed by atoms with van der Waals surface area (Å²) in [6, 6.07) is 9.92. The van der Waals surface area contributed by atoms with Crippen LogP contribution in [0.25, 0.3) is 10.9 Å². The molecule has 0 unspecified atom stereocenters. The maximum absolute atomic E-state index is 10.8. The minimum atomic E-state index is -0.459. The molecule has 2 fully saturated rings. The molecule has 1 N–H and O–H groups in total. The second-order valence-electron chi connectivity index (χ2n) is 8.36. The van der Waals surface area contributed by atoms with Gasteiger partial charge >= 0.3 is 0 Å². The highest BCUT2D eigenvalue weighted by Gasteiger charge is 2.43. The van der Waals surface area contributed by atoms with Gasteiger partial charge in [-0.25, -0.2) is 4.98 Å². The molecular weight excluding hydrogens is 364 g/mol. The topological polar surface area (TPSA) is 71.4 Å². The van der Waals surface area contributed by atoms with Gasteiger partial charge in [0.05, 0.1) is 17.3 Å². The van der Waals surface area contributed by atoms with E-state index in [-0.39, 0.29) is 6.10 Å². The first-order valence-electron chi connectivity index (χ1n) is 10.3. The Morgan fingerprint density at radius 2 is 1.83 bits per heavy atom. The first kappa shape index (κ1) is 18.3. The Morgan fingerprint density at radius 3 is 2.66 bits per heavy atom. The number of nitrogens with zero attached hydrogens (tertiary/aromatic N) is 4. The van der Waals surface area contributed by atoms with Crippen LogP contribution in [0.5, 0.6) is 5.75 Å². The summed E-state index contributed by atoms with van der Waals surface area (Å²) < 4.78 is 6.22. The highest BCUT2D eigenvalue weighted by atomic mass is 16.5. The predicted octanol–water partition coefficient (Wildman–Crippen LogP) is 3.30. The van der Waals surface area contributed by atoms with Gasteiger partial charge in [0.25, 0.3) is 0 Å². The molecule has 5 rings (SSSR count). The van der Waals surface area contributed by atoms with Crippen LogP contribution in [-0.4, -0.2) is 45.4 Å². The van der Waals surface area contributed by atoms with Crippen LogP contribution in [0.2, 0.25) is 0 Å². The highest BCUT2D eigenvalue weighted by Crippen LogP contribution is 2.40. The lowest BCUT2D eigenvalue weighted by Gasteiger charge is -2.35. The monoisotopic (exact) mass is 390 g/mol. The van der Waals surface area contributed by atoms with Gasteiger partial charge in [0.1, 0.15) is 17.7 Å².